The summed E-state index contributed by atoms with van der Waals surface area (Å²) in [6.45, 7) is 3.23. The standard InChI is InChI=1S/C20H21ClN4OS2/c21-16-6-4-15(5-7-16)13-18-22-20(28-23-18)25-9-2-8-24(10-11-25)19(26)14-17-3-1-12-27-17/h1,3-7,12H,2,8-11,13-14H2. The van der Waals surface area contributed by atoms with Gasteiger partial charge in [-0.15, -0.1) is 11.3 Å². The molecule has 8 heteroatoms. The zero-order valence-corrected chi connectivity index (χ0v) is 17.8. The molecule has 28 heavy (non-hydrogen) atoms. The summed E-state index contributed by atoms with van der Waals surface area (Å²) in [4.78, 5) is 22.7. The summed E-state index contributed by atoms with van der Waals surface area (Å²) < 4.78 is 4.52. The van der Waals surface area contributed by atoms with Crippen LogP contribution in [-0.4, -0.2) is 46.3 Å². The smallest absolute Gasteiger partial charge is 0.227 e. The Balaban J connectivity index is 1.34. The van der Waals surface area contributed by atoms with E-state index in [2.05, 4.69) is 9.27 Å². The summed E-state index contributed by atoms with van der Waals surface area (Å²) in [5, 5.41) is 3.69. The van der Waals surface area contributed by atoms with E-state index in [1.807, 2.05) is 46.7 Å². The van der Waals surface area contributed by atoms with E-state index < -0.39 is 0 Å². The molecule has 5 nitrogen and oxygen atoms in total. The Labute approximate surface area is 177 Å². The van der Waals surface area contributed by atoms with Crippen LogP contribution >= 0.6 is 34.5 Å². The number of thiophene rings is 1. The molecule has 146 valence electrons. The summed E-state index contributed by atoms with van der Waals surface area (Å²) in [5.41, 5.74) is 1.15. The molecule has 1 aromatic carbocycles. The van der Waals surface area contributed by atoms with Crippen LogP contribution in [-0.2, 0) is 17.6 Å². The third kappa shape index (κ3) is 4.90. The van der Waals surface area contributed by atoms with Crippen LogP contribution in [0.4, 0.5) is 5.13 Å². The van der Waals surface area contributed by atoms with Crippen molar-refractivity contribution < 1.29 is 4.79 Å². The fraction of sp³-hybridized carbons (Fsp3) is 0.350. The average Bonchev–Trinajstić information content (AvgIpc) is 3.31. The van der Waals surface area contributed by atoms with Crippen LogP contribution in [0.25, 0.3) is 0 Å². The molecule has 1 aliphatic heterocycles. The molecule has 0 atom stereocenters. The molecule has 4 rings (SSSR count). The van der Waals surface area contributed by atoms with Gasteiger partial charge >= 0.3 is 0 Å². The van der Waals surface area contributed by atoms with E-state index >= 15 is 0 Å². The number of carbonyl (C=O) groups is 1. The number of benzene rings is 1. The Kier molecular flexibility index (Phi) is 6.24. The molecule has 0 bridgehead atoms. The minimum absolute atomic E-state index is 0.213. The van der Waals surface area contributed by atoms with Crippen molar-refractivity contribution >= 4 is 45.5 Å². The third-order valence-corrected chi connectivity index (χ3v) is 6.70. The predicted molar refractivity (Wildman–Crippen MR) is 116 cm³/mol. The number of anilines is 1. The zero-order valence-electron chi connectivity index (χ0n) is 15.4. The first-order valence-corrected chi connectivity index (χ1v) is 11.3. The van der Waals surface area contributed by atoms with E-state index in [9.17, 15) is 4.79 Å². The Hall–Kier alpha value is -1.96. The van der Waals surface area contributed by atoms with Crippen molar-refractivity contribution in [1.82, 2.24) is 14.3 Å². The molecule has 3 heterocycles. The van der Waals surface area contributed by atoms with Crippen molar-refractivity contribution in [3.63, 3.8) is 0 Å². The minimum atomic E-state index is 0.213. The van der Waals surface area contributed by atoms with Crippen LogP contribution in [0, 0.1) is 0 Å². The number of amides is 1. The second-order valence-electron chi connectivity index (χ2n) is 6.77. The van der Waals surface area contributed by atoms with E-state index in [-0.39, 0.29) is 5.91 Å². The third-order valence-electron chi connectivity index (χ3n) is 4.76. The van der Waals surface area contributed by atoms with Crippen molar-refractivity contribution in [2.24, 2.45) is 0 Å². The predicted octanol–water partition coefficient (Wildman–Crippen LogP) is 4.13. The first kappa shape index (κ1) is 19.4. The van der Waals surface area contributed by atoms with Crippen LogP contribution in [0.15, 0.2) is 41.8 Å². The second kappa shape index (κ2) is 9.03. The Morgan fingerprint density at radius 3 is 2.75 bits per heavy atom. The van der Waals surface area contributed by atoms with Crippen molar-refractivity contribution in [2.75, 3.05) is 31.1 Å². The molecule has 3 aromatic rings. The van der Waals surface area contributed by atoms with E-state index in [1.54, 1.807) is 11.3 Å². The fourth-order valence-corrected chi connectivity index (χ4v) is 4.82. The van der Waals surface area contributed by atoms with Gasteiger partial charge in [-0.05, 0) is 35.6 Å². The molecule has 1 aliphatic rings. The topological polar surface area (TPSA) is 49.3 Å². The molecule has 0 unspecified atom stereocenters. The number of carbonyl (C=O) groups excluding carboxylic acids is 1. The molecular formula is C20H21ClN4OS2. The van der Waals surface area contributed by atoms with Gasteiger partial charge in [0.15, 0.2) is 0 Å². The van der Waals surface area contributed by atoms with E-state index in [4.69, 9.17) is 16.6 Å². The first-order chi connectivity index (χ1) is 13.7. The van der Waals surface area contributed by atoms with Gasteiger partial charge in [0.25, 0.3) is 0 Å². The van der Waals surface area contributed by atoms with Crippen molar-refractivity contribution in [3.8, 4) is 0 Å². The number of nitrogens with zero attached hydrogens (tertiary/aromatic N) is 4. The van der Waals surface area contributed by atoms with Gasteiger partial charge in [-0.25, -0.2) is 4.98 Å². The molecule has 0 N–H and O–H groups in total. The quantitative estimate of drug-likeness (QED) is 0.608. The molecule has 0 spiro atoms. The van der Waals surface area contributed by atoms with Crippen LogP contribution < -0.4 is 4.90 Å². The average molecular weight is 433 g/mol. The van der Waals surface area contributed by atoms with E-state index in [1.165, 1.54) is 11.5 Å². The van der Waals surface area contributed by atoms with Gasteiger partial charge in [0.05, 0.1) is 6.42 Å². The number of rotatable bonds is 5. The Bertz CT molecular complexity index is 911. The number of aromatic nitrogens is 2. The zero-order chi connectivity index (χ0) is 19.3. The summed E-state index contributed by atoms with van der Waals surface area (Å²) >= 11 is 9.02. The normalized spacial score (nSPS) is 14.9. The summed E-state index contributed by atoms with van der Waals surface area (Å²) in [6.07, 6.45) is 2.15. The van der Waals surface area contributed by atoms with E-state index in [0.29, 0.717) is 12.8 Å². The van der Waals surface area contributed by atoms with Crippen LogP contribution in [0.5, 0.6) is 0 Å². The summed E-state index contributed by atoms with van der Waals surface area (Å²) in [7, 11) is 0. The maximum atomic E-state index is 12.6. The highest BCUT2D eigenvalue weighted by molar-refractivity contribution is 7.10. The number of halogens is 1. The van der Waals surface area contributed by atoms with Crippen molar-refractivity contribution in [1.29, 1.82) is 0 Å². The van der Waals surface area contributed by atoms with Gasteiger partial charge < -0.3 is 9.80 Å². The van der Waals surface area contributed by atoms with Crippen LogP contribution in [0.1, 0.15) is 22.7 Å². The van der Waals surface area contributed by atoms with E-state index in [0.717, 1.165) is 59.0 Å². The minimum Gasteiger partial charge on any atom is -0.345 e. The van der Waals surface area contributed by atoms with Crippen molar-refractivity contribution in [2.45, 2.75) is 19.3 Å². The molecule has 0 aliphatic carbocycles. The second-order valence-corrected chi connectivity index (χ2v) is 8.97. The van der Waals surface area contributed by atoms with Crippen LogP contribution in [0.3, 0.4) is 0 Å². The highest BCUT2D eigenvalue weighted by Crippen LogP contribution is 2.21. The summed E-state index contributed by atoms with van der Waals surface area (Å²) in [5.74, 6) is 1.04. The monoisotopic (exact) mass is 432 g/mol. The lowest BCUT2D eigenvalue weighted by atomic mass is 10.1. The van der Waals surface area contributed by atoms with Gasteiger partial charge in [-0.2, -0.15) is 4.37 Å². The lowest BCUT2D eigenvalue weighted by molar-refractivity contribution is -0.130. The highest BCUT2D eigenvalue weighted by Gasteiger charge is 2.21. The SMILES string of the molecule is O=C(Cc1cccs1)N1CCCN(c2nc(Cc3ccc(Cl)cc3)ns2)CC1. The number of hydrogen-bond acceptors (Lipinski definition) is 6. The molecule has 2 aromatic heterocycles. The molecule has 1 saturated heterocycles. The Morgan fingerprint density at radius 1 is 1.11 bits per heavy atom. The lowest BCUT2D eigenvalue weighted by Crippen LogP contribution is -2.36. The van der Waals surface area contributed by atoms with Gasteiger partial charge in [0.1, 0.15) is 5.82 Å². The van der Waals surface area contributed by atoms with Crippen molar-refractivity contribution in [3.05, 3.63) is 63.1 Å². The van der Waals surface area contributed by atoms with Gasteiger partial charge in [0.2, 0.25) is 11.0 Å². The fourth-order valence-electron chi connectivity index (χ4n) is 3.26. The molecule has 1 amide bonds. The van der Waals surface area contributed by atoms with Gasteiger partial charge in [0, 0.05) is 54.0 Å². The first-order valence-electron chi connectivity index (χ1n) is 9.29. The van der Waals surface area contributed by atoms with Gasteiger partial charge in [-0.1, -0.05) is 29.8 Å². The van der Waals surface area contributed by atoms with Gasteiger partial charge in [-0.3, -0.25) is 4.79 Å². The maximum absolute atomic E-state index is 12.6. The molecule has 1 fully saturated rings. The number of hydrogen-bond donors (Lipinski definition) is 0. The lowest BCUT2D eigenvalue weighted by Gasteiger charge is -2.21. The Morgan fingerprint density at radius 2 is 1.96 bits per heavy atom. The molecular weight excluding hydrogens is 412 g/mol. The maximum Gasteiger partial charge on any atom is 0.227 e. The van der Waals surface area contributed by atoms with Crippen LogP contribution in [0.2, 0.25) is 5.02 Å². The molecule has 0 saturated carbocycles. The largest absolute Gasteiger partial charge is 0.345 e. The highest BCUT2D eigenvalue weighted by atomic mass is 35.5. The molecule has 0 radical (unpaired) electrons. The summed E-state index contributed by atoms with van der Waals surface area (Å²) in [6, 6.07) is 11.8.